The number of ether oxygens (including phenoxy) is 2. The summed E-state index contributed by atoms with van der Waals surface area (Å²) >= 11 is 0. The van der Waals surface area contributed by atoms with E-state index in [-0.39, 0.29) is 24.3 Å². The van der Waals surface area contributed by atoms with E-state index >= 15 is 0 Å². The van der Waals surface area contributed by atoms with E-state index in [1.54, 1.807) is 7.11 Å². The Kier molecular flexibility index (Phi) is 5.81. The van der Waals surface area contributed by atoms with Crippen molar-refractivity contribution in [3.8, 4) is 0 Å². The molecule has 0 aromatic carbocycles. The maximum Gasteiger partial charge on any atom is 0.308 e. The first kappa shape index (κ1) is 15.7. The average Bonchev–Trinajstić information content (AvgIpc) is 2.38. The average molecular weight is 274 g/mol. The molecular formula is C13H26O4Si. The summed E-state index contributed by atoms with van der Waals surface area (Å²) in [6, 6.07) is 3.27. The lowest BCUT2D eigenvalue weighted by Gasteiger charge is -2.41. The fourth-order valence-electron chi connectivity index (χ4n) is 2.58. The molecule has 1 fully saturated rings. The minimum atomic E-state index is -1.70. The van der Waals surface area contributed by atoms with Crippen molar-refractivity contribution in [2.45, 2.75) is 70.6 Å². The van der Waals surface area contributed by atoms with Crippen LogP contribution in [0, 0.1) is 0 Å². The summed E-state index contributed by atoms with van der Waals surface area (Å²) in [5.74, 6) is -0.189. The van der Waals surface area contributed by atoms with Crippen molar-refractivity contribution in [3.05, 3.63) is 0 Å². The monoisotopic (exact) mass is 274 g/mol. The largest absolute Gasteiger partial charge is 0.460 e. The number of hydrogen-bond donors (Lipinski definition) is 0. The summed E-state index contributed by atoms with van der Waals surface area (Å²) in [7, 11) is -0.0597. The maximum absolute atomic E-state index is 11.4. The Labute approximate surface area is 111 Å². The summed E-state index contributed by atoms with van der Waals surface area (Å²) in [6.45, 7) is 8.48. The molecule has 106 valence electrons. The number of esters is 1. The summed E-state index contributed by atoms with van der Waals surface area (Å²) in [5.41, 5.74) is 0. The van der Waals surface area contributed by atoms with Gasteiger partial charge < -0.3 is 13.9 Å². The highest BCUT2D eigenvalue weighted by Gasteiger charge is 2.42. The van der Waals surface area contributed by atoms with Crippen molar-refractivity contribution in [3.63, 3.8) is 0 Å². The van der Waals surface area contributed by atoms with Gasteiger partial charge in [0.05, 0.1) is 12.5 Å². The van der Waals surface area contributed by atoms with Crippen molar-refractivity contribution < 1.29 is 18.7 Å². The molecule has 0 aromatic heterocycles. The highest BCUT2D eigenvalue weighted by molar-refractivity contribution is 6.73. The molecule has 0 bridgehead atoms. The molecule has 0 saturated carbocycles. The van der Waals surface area contributed by atoms with Crippen LogP contribution in [0.15, 0.2) is 0 Å². The van der Waals surface area contributed by atoms with E-state index in [1.165, 1.54) is 0 Å². The Bertz CT molecular complexity index is 270. The van der Waals surface area contributed by atoms with Gasteiger partial charge in [0.1, 0.15) is 12.2 Å². The molecule has 1 heterocycles. The summed E-state index contributed by atoms with van der Waals surface area (Å²) in [4.78, 5) is 11.4. The van der Waals surface area contributed by atoms with E-state index in [0.717, 1.165) is 18.1 Å². The van der Waals surface area contributed by atoms with E-state index in [9.17, 15) is 4.79 Å². The second-order valence-electron chi connectivity index (χ2n) is 5.00. The fraction of sp³-hybridized carbons (Fsp3) is 0.923. The Morgan fingerprint density at radius 3 is 2.28 bits per heavy atom. The molecular weight excluding hydrogens is 248 g/mol. The van der Waals surface area contributed by atoms with Crippen LogP contribution < -0.4 is 0 Å². The van der Waals surface area contributed by atoms with Gasteiger partial charge in [0, 0.05) is 7.11 Å². The Balaban J connectivity index is 2.81. The lowest BCUT2D eigenvalue weighted by Crippen LogP contribution is -2.53. The molecule has 18 heavy (non-hydrogen) atoms. The van der Waals surface area contributed by atoms with Crippen LogP contribution in [0.25, 0.3) is 0 Å². The first-order valence-corrected chi connectivity index (χ1v) is 9.45. The van der Waals surface area contributed by atoms with Gasteiger partial charge in [-0.3, -0.25) is 4.79 Å². The first-order chi connectivity index (χ1) is 8.51. The molecule has 0 radical (unpaired) electrons. The highest BCUT2D eigenvalue weighted by atomic mass is 28.4. The second-order valence-corrected chi connectivity index (χ2v) is 9.72. The molecule has 0 aromatic rings. The van der Waals surface area contributed by atoms with E-state index < -0.39 is 8.32 Å². The zero-order valence-corrected chi connectivity index (χ0v) is 13.2. The van der Waals surface area contributed by atoms with Crippen molar-refractivity contribution in [1.29, 1.82) is 0 Å². The van der Waals surface area contributed by atoms with Gasteiger partial charge in [-0.1, -0.05) is 20.8 Å². The van der Waals surface area contributed by atoms with Crippen LogP contribution in [0.1, 0.15) is 34.1 Å². The van der Waals surface area contributed by atoms with Gasteiger partial charge in [0.15, 0.2) is 8.32 Å². The minimum Gasteiger partial charge on any atom is -0.460 e. The van der Waals surface area contributed by atoms with Crippen LogP contribution in [-0.4, -0.2) is 39.7 Å². The Hall–Kier alpha value is -0.393. The predicted molar refractivity (Wildman–Crippen MR) is 73.0 cm³/mol. The van der Waals surface area contributed by atoms with Crippen LogP contribution >= 0.6 is 0 Å². The Morgan fingerprint density at radius 2 is 1.83 bits per heavy atom. The topological polar surface area (TPSA) is 44.8 Å². The van der Waals surface area contributed by atoms with Crippen molar-refractivity contribution in [2.75, 3.05) is 7.11 Å². The van der Waals surface area contributed by atoms with Gasteiger partial charge in [0.2, 0.25) is 0 Å². The number of carbonyl (C=O) groups excluding carboxylic acids is 1. The molecule has 0 N–H and O–H groups in total. The third-order valence-corrected chi connectivity index (χ3v) is 8.77. The number of rotatable bonds is 6. The molecule has 1 aliphatic heterocycles. The quantitative estimate of drug-likeness (QED) is 0.552. The third-order valence-electron chi connectivity index (χ3n) is 4.14. The zero-order valence-electron chi connectivity index (χ0n) is 12.2. The van der Waals surface area contributed by atoms with E-state index in [4.69, 9.17) is 13.9 Å². The molecule has 4 nitrogen and oxygen atoms in total. The molecule has 0 spiro atoms. The van der Waals surface area contributed by atoms with E-state index in [2.05, 4.69) is 20.8 Å². The number of methoxy groups -OCH3 is 1. The third kappa shape index (κ3) is 3.33. The molecule has 3 atom stereocenters. The zero-order chi connectivity index (χ0) is 13.8. The van der Waals surface area contributed by atoms with Crippen molar-refractivity contribution in [2.24, 2.45) is 0 Å². The highest BCUT2D eigenvalue weighted by Crippen LogP contribution is 2.29. The number of hydrogen-bond acceptors (Lipinski definition) is 4. The molecule has 1 saturated heterocycles. The SMILES string of the molecule is CC[Si](CC)(CC)O[C@H]1[C@H](C)OC(=O)C[C@@H]1OC. The minimum absolute atomic E-state index is 0.112. The van der Waals surface area contributed by atoms with Crippen LogP contribution in [0.4, 0.5) is 0 Å². The lowest BCUT2D eigenvalue weighted by atomic mass is 10.0. The summed E-state index contributed by atoms with van der Waals surface area (Å²) in [5, 5.41) is 0. The predicted octanol–water partition coefficient (Wildman–Crippen LogP) is 2.73. The molecule has 0 aliphatic carbocycles. The molecule has 1 aliphatic rings. The lowest BCUT2D eigenvalue weighted by molar-refractivity contribution is -0.176. The van der Waals surface area contributed by atoms with Gasteiger partial charge in [-0.05, 0) is 25.1 Å². The number of cyclic esters (lactones) is 1. The maximum atomic E-state index is 11.4. The first-order valence-electron chi connectivity index (χ1n) is 6.92. The van der Waals surface area contributed by atoms with E-state index in [1.807, 2.05) is 6.92 Å². The van der Waals surface area contributed by atoms with Gasteiger partial charge in [-0.2, -0.15) is 0 Å². The van der Waals surface area contributed by atoms with E-state index in [0.29, 0.717) is 6.42 Å². The van der Waals surface area contributed by atoms with Gasteiger partial charge >= 0.3 is 5.97 Å². The molecule has 0 amide bonds. The van der Waals surface area contributed by atoms with Crippen LogP contribution in [0.3, 0.4) is 0 Å². The number of carbonyl (C=O) groups is 1. The standard InChI is InChI=1S/C13H26O4Si/c1-6-18(7-2,8-3)17-13-10(4)16-12(14)9-11(13)15-5/h10-11,13H,6-9H2,1-5H3/t10-,11-,13-/m0/s1. The van der Waals surface area contributed by atoms with Gasteiger partial charge in [-0.25, -0.2) is 0 Å². The van der Waals surface area contributed by atoms with Crippen LogP contribution in [0.5, 0.6) is 0 Å². The fourth-order valence-corrected chi connectivity index (χ4v) is 5.50. The van der Waals surface area contributed by atoms with Gasteiger partial charge in [-0.15, -0.1) is 0 Å². The second kappa shape index (κ2) is 6.68. The van der Waals surface area contributed by atoms with Crippen molar-refractivity contribution >= 4 is 14.3 Å². The molecule has 1 rings (SSSR count). The Morgan fingerprint density at radius 1 is 1.28 bits per heavy atom. The summed E-state index contributed by atoms with van der Waals surface area (Å²) in [6.07, 6.45) is -0.197. The molecule has 5 heteroatoms. The van der Waals surface area contributed by atoms with Crippen LogP contribution in [-0.2, 0) is 18.7 Å². The smallest absolute Gasteiger partial charge is 0.308 e. The van der Waals surface area contributed by atoms with Gasteiger partial charge in [0.25, 0.3) is 0 Å². The molecule has 0 unspecified atom stereocenters. The van der Waals surface area contributed by atoms with Crippen LogP contribution in [0.2, 0.25) is 18.1 Å². The normalized spacial score (nSPS) is 29.2. The van der Waals surface area contributed by atoms with Crippen molar-refractivity contribution in [1.82, 2.24) is 0 Å². The summed E-state index contributed by atoms with van der Waals surface area (Å²) < 4.78 is 17.1.